The fourth-order valence-corrected chi connectivity index (χ4v) is 2.05. The Morgan fingerprint density at radius 1 is 1.41 bits per heavy atom. The van der Waals surface area contributed by atoms with Gasteiger partial charge in [0.15, 0.2) is 0 Å². The summed E-state index contributed by atoms with van der Waals surface area (Å²) in [6.45, 7) is 1.56. The molecule has 1 heterocycles. The van der Waals surface area contributed by atoms with Gasteiger partial charge in [-0.15, -0.1) is 0 Å². The number of rotatable bonds is 5. The second kappa shape index (κ2) is 6.27. The van der Waals surface area contributed by atoms with Gasteiger partial charge in [0.1, 0.15) is 11.8 Å². The minimum atomic E-state index is 0.421. The summed E-state index contributed by atoms with van der Waals surface area (Å²) in [5.74, 6) is 0.683. The SMILES string of the molecule is N#Cc1ccccc1OCCCC1CCCO1. The molecule has 0 spiro atoms. The fourth-order valence-electron chi connectivity index (χ4n) is 2.05. The summed E-state index contributed by atoms with van der Waals surface area (Å²) < 4.78 is 11.2. The Morgan fingerprint density at radius 3 is 3.06 bits per heavy atom. The van der Waals surface area contributed by atoms with Gasteiger partial charge in [-0.25, -0.2) is 0 Å². The number of ether oxygens (including phenoxy) is 2. The normalized spacial score (nSPS) is 18.9. The molecule has 3 heteroatoms. The van der Waals surface area contributed by atoms with Crippen LogP contribution in [0.3, 0.4) is 0 Å². The van der Waals surface area contributed by atoms with Crippen LogP contribution >= 0.6 is 0 Å². The van der Waals surface area contributed by atoms with Crippen molar-refractivity contribution < 1.29 is 9.47 Å². The van der Waals surface area contributed by atoms with Gasteiger partial charge in [-0.3, -0.25) is 0 Å². The molecule has 0 aromatic heterocycles. The van der Waals surface area contributed by atoms with E-state index in [1.54, 1.807) is 6.07 Å². The summed E-state index contributed by atoms with van der Waals surface area (Å²) in [6.07, 6.45) is 4.81. The second-order valence-corrected chi connectivity index (χ2v) is 4.23. The summed E-state index contributed by atoms with van der Waals surface area (Å²) in [6, 6.07) is 9.47. The van der Waals surface area contributed by atoms with Crippen molar-refractivity contribution >= 4 is 0 Å². The minimum absolute atomic E-state index is 0.421. The molecule has 0 bridgehead atoms. The number of benzene rings is 1. The number of hydrogen-bond donors (Lipinski definition) is 0. The molecule has 1 aliphatic rings. The Labute approximate surface area is 102 Å². The van der Waals surface area contributed by atoms with E-state index in [1.807, 2.05) is 18.2 Å². The Morgan fingerprint density at radius 2 is 2.29 bits per heavy atom. The molecule has 1 unspecified atom stereocenters. The third-order valence-electron chi connectivity index (χ3n) is 2.96. The maximum atomic E-state index is 8.90. The van der Waals surface area contributed by atoms with E-state index in [2.05, 4.69) is 6.07 Å². The van der Waals surface area contributed by atoms with Crippen molar-refractivity contribution in [3.63, 3.8) is 0 Å². The number of hydrogen-bond acceptors (Lipinski definition) is 3. The van der Waals surface area contributed by atoms with Gasteiger partial charge in [0.2, 0.25) is 0 Å². The van der Waals surface area contributed by atoms with Crippen molar-refractivity contribution in [3.8, 4) is 11.8 Å². The number of para-hydroxylation sites is 1. The molecule has 0 saturated carbocycles. The first-order valence-corrected chi connectivity index (χ1v) is 6.13. The molecule has 0 N–H and O–H groups in total. The molecule has 1 aromatic rings. The lowest BCUT2D eigenvalue weighted by molar-refractivity contribution is 0.0981. The highest BCUT2D eigenvalue weighted by molar-refractivity contribution is 5.42. The lowest BCUT2D eigenvalue weighted by Crippen LogP contribution is -2.08. The van der Waals surface area contributed by atoms with E-state index in [-0.39, 0.29) is 0 Å². The fraction of sp³-hybridized carbons (Fsp3) is 0.500. The van der Waals surface area contributed by atoms with Crippen LogP contribution in [0.5, 0.6) is 5.75 Å². The molecule has 1 aliphatic heterocycles. The molecule has 0 aliphatic carbocycles. The summed E-state index contributed by atoms with van der Waals surface area (Å²) in [4.78, 5) is 0. The van der Waals surface area contributed by atoms with Crippen molar-refractivity contribution in [2.24, 2.45) is 0 Å². The molecular formula is C14H17NO2. The van der Waals surface area contributed by atoms with Gasteiger partial charge in [-0.2, -0.15) is 5.26 Å². The molecule has 17 heavy (non-hydrogen) atoms. The van der Waals surface area contributed by atoms with Crippen molar-refractivity contribution in [3.05, 3.63) is 29.8 Å². The zero-order valence-electron chi connectivity index (χ0n) is 9.89. The minimum Gasteiger partial charge on any atom is -0.492 e. The molecule has 1 atom stereocenters. The summed E-state index contributed by atoms with van der Waals surface area (Å²) in [5, 5.41) is 8.90. The first kappa shape index (κ1) is 11.9. The van der Waals surface area contributed by atoms with E-state index in [0.717, 1.165) is 19.4 Å². The number of nitrogens with zero attached hydrogens (tertiary/aromatic N) is 1. The van der Waals surface area contributed by atoms with Crippen molar-refractivity contribution in [2.75, 3.05) is 13.2 Å². The van der Waals surface area contributed by atoms with Gasteiger partial charge in [0.05, 0.1) is 18.3 Å². The molecule has 90 valence electrons. The molecule has 1 aromatic carbocycles. The van der Waals surface area contributed by atoms with Crippen molar-refractivity contribution in [1.29, 1.82) is 5.26 Å². The maximum absolute atomic E-state index is 8.90. The topological polar surface area (TPSA) is 42.2 Å². The predicted molar refractivity (Wildman–Crippen MR) is 64.9 cm³/mol. The van der Waals surface area contributed by atoms with E-state index >= 15 is 0 Å². The summed E-state index contributed by atoms with van der Waals surface area (Å²) in [5.41, 5.74) is 0.601. The molecule has 3 nitrogen and oxygen atoms in total. The van der Waals surface area contributed by atoms with Crippen LogP contribution in [0, 0.1) is 11.3 Å². The van der Waals surface area contributed by atoms with Gasteiger partial charge in [0, 0.05) is 6.61 Å². The van der Waals surface area contributed by atoms with Crippen molar-refractivity contribution in [2.45, 2.75) is 31.8 Å². The Balaban J connectivity index is 1.72. The van der Waals surface area contributed by atoms with Gasteiger partial charge in [0.25, 0.3) is 0 Å². The summed E-state index contributed by atoms with van der Waals surface area (Å²) in [7, 11) is 0. The van der Waals surface area contributed by atoms with Crippen LogP contribution in [-0.4, -0.2) is 19.3 Å². The monoisotopic (exact) mass is 231 g/mol. The van der Waals surface area contributed by atoms with Crippen LogP contribution in [0.25, 0.3) is 0 Å². The third-order valence-corrected chi connectivity index (χ3v) is 2.96. The van der Waals surface area contributed by atoms with Gasteiger partial charge >= 0.3 is 0 Å². The lowest BCUT2D eigenvalue weighted by atomic mass is 10.1. The van der Waals surface area contributed by atoms with Crippen LogP contribution in [0.15, 0.2) is 24.3 Å². The van der Waals surface area contributed by atoms with Crippen LogP contribution in [0.1, 0.15) is 31.2 Å². The smallest absolute Gasteiger partial charge is 0.137 e. The van der Waals surface area contributed by atoms with Crippen LogP contribution in [0.4, 0.5) is 0 Å². The predicted octanol–water partition coefficient (Wildman–Crippen LogP) is 2.90. The van der Waals surface area contributed by atoms with Gasteiger partial charge in [-0.05, 0) is 37.8 Å². The van der Waals surface area contributed by atoms with E-state index < -0.39 is 0 Å². The number of nitriles is 1. The first-order valence-electron chi connectivity index (χ1n) is 6.13. The molecular weight excluding hydrogens is 214 g/mol. The average molecular weight is 231 g/mol. The largest absolute Gasteiger partial charge is 0.492 e. The van der Waals surface area contributed by atoms with Gasteiger partial charge in [-0.1, -0.05) is 12.1 Å². The molecule has 1 saturated heterocycles. The first-order chi connectivity index (χ1) is 8.40. The van der Waals surface area contributed by atoms with E-state index in [9.17, 15) is 0 Å². The maximum Gasteiger partial charge on any atom is 0.137 e. The van der Waals surface area contributed by atoms with E-state index in [4.69, 9.17) is 14.7 Å². The summed E-state index contributed by atoms with van der Waals surface area (Å²) >= 11 is 0. The molecule has 2 rings (SSSR count). The Bertz CT molecular complexity index is 391. The second-order valence-electron chi connectivity index (χ2n) is 4.23. The molecule has 1 fully saturated rings. The Kier molecular flexibility index (Phi) is 4.40. The highest BCUT2D eigenvalue weighted by Crippen LogP contribution is 2.19. The highest BCUT2D eigenvalue weighted by atomic mass is 16.5. The average Bonchev–Trinajstić information content (AvgIpc) is 2.88. The third kappa shape index (κ3) is 3.47. The van der Waals surface area contributed by atoms with E-state index in [1.165, 1.54) is 12.8 Å². The van der Waals surface area contributed by atoms with Crippen LogP contribution in [0.2, 0.25) is 0 Å². The van der Waals surface area contributed by atoms with Crippen molar-refractivity contribution in [1.82, 2.24) is 0 Å². The zero-order chi connectivity index (χ0) is 11.9. The van der Waals surface area contributed by atoms with Crippen LogP contribution < -0.4 is 4.74 Å². The van der Waals surface area contributed by atoms with Gasteiger partial charge < -0.3 is 9.47 Å². The molecule has 0 amide bonds. The van der Waals surface area contributed by atoms with E-state index in [0.29, 0.717) is 24.0 Å². The Hall–Kier alpha value is -1.53. The lowest BCUT2D eigenvalue weighted by Gasteiger charge is -2.10. The zero-order valence-corrected chi connectivity index (χ0v) is 9.89. The standard InChI is InChI=1S/C14H17NO2/c15-11-12-5-1-2-8-14(12)17-10-4-7-13-6-3-9-16-13/h1-2,5,8,13H,3-4,6-7,9-10H2. The molecule has 0 radical (unpaired) electrons. The van der Waals surface area contributed by atoms with Crippen LogP contribution in [-0.2, 0) is 4.74 Å². The quantitative estimate of drug-likeness (QED) is 0.732. The highest BCUT2D eigenvalue weighted by Gasteiger charge is 2.14.